The SMILES string of the molecule is Cc1cnc(NCCn2cccn2)nc1/C(C#N)=C1/C=CC=CN1. The molecule has 120 valence electrons. The van der Waals surface area contributed by atoms with Gasteiger partial charge in [0.15, 0.2) is 0 Å². The lowest BCUT2D eigenvalue weighted by Crippen LogP contribution is -2.14. The normalized spacial score (nSPS) is 14.8. The zero-order chi connectivity index (χ0) is 16.8. The van der Waals surface area contributed by atoms with Crippen LogP contribution in [-0.4, -0.2) is 26.3 Å². The van der Waals surface area contributed by atoms with Crippen LogP contribution in [0.3, 0.4) is 0 Å². The smallest absolute Gasteiger partial charge is 0.223 e. The quantitative estimate of drug-likeness (QED) is 0.819. The van der Waals surface area contributed by atoms with E-state index in [2.05, 4.69) is 31.8 Å². The summed E-state index contributed by atoms with van der Waals surface area (Å²) in [6.07, 6.45) is 12.7. The minimum Gasteiger partial charge on any atom is -0.361 e. The summed E-state index contributed by atoms with van der Waals surface area (Å²) in [4.78, 5) is 8.79. The van der Waals surface area contributed by atoms with E-state index < -0.39 is 0 Å². The highest BCUT2D eigenvalue weighted by atomic mass is 15.3. The fourth-order valence-corrected chi connectivity index (χ4v) is 2.28. The van der Waals surface area contributed by atoms with Crippen molar-refractivity contribution in [2.45, 2.75) is 13.5 Å². The lowest BCUT2D eigenvalue weighted by Gasteiger charge is -2.12. The van der Waals surface area contributed by atoms with Crippen molar-refractivity contribution in [1.29, 1.82) is 5.26 Å². The molecule has 3 rings (SSSR count). The van der Waals surface area contributed by atoms with Crippen molar-refractivity contribution in [2.24, 2.45) is 0 Å². The van der Waals surface area contributed by atoms with Crippen molar-refractivity contribution < 1.29 is 0 Å². The van der Waals surface area contributed by atoms with Gasteiger partial charge < -0.3 is 10.6 Å². The summed E-state index contributed by atoms with van der Waals surface area (Å²) < 4.78 is 1.83. The number of aryl methyl sites for hydroxylation is 1. The highest BCUT2D eigenvalue weighted by Gasteiger charge is 2.13. The monoisotopic (exact) mass is 319 g/mol. The molecule has 0 amide bonds. The summed E-state index contributed by atoms with van der Waals surface area (Å²) in [6, 6.07) is 4.11. The zero-order valence-electron chi connectivity index (χ0n) is 13.3. The van der Waals surface area contributed by atoms with Gasteiger partial charge in [-0.15, -0.1) is 0 Å². The molecule has 2 N–H and O–H groups in total. The van der Waals surface area contributed by atoms with Gasteiger partial charge in [0.05, 0.1) is 17.9 Å². The number of nitrogens with zero attached hydrogens (tertiary/aromatic N) is 5. The number of dihydropyridines is 1. The molecule has 0 fully saturated rings. The van der Waals surface area contributed by atoms with Gasteiger partial charge >= 0.3 is 0 Å². The van der Waals surface area contributed by atoms with Crippen LogP contribution in [0.5, 0.6) is 0 Å². The van der Waals surface area contributed by atoms with E-state index in [0.717, 1.165) is 11.3 Å². The first kappa shape index (κ1) is 15.5. The average molecular weight is 319 g/mol. The Balaban J connectivity index is 1.79. The van der Waals surface area contributed by atoms with E-state index in [1.807, 2.05) is 42.1 Å². The average Bonchev–Trinajstić information content (AvgIpc) is 3.12. The first-order valence-corrected chi connectivity index (χ1v) is 7.57. The molecule has 0 aromatic carbocycles. The minimum atomic E-state index is 0.491. The third-order valence-electron chi connectivity index (χ3n) is 3.48. The lowest BCUT2D eigenvalue weighted by molar-refractivity contribution is 0.636. The number of aromatic nitrogens is 4. The van der Waals surface area contributed by atoms with E-state index in [-0.39, 0.29) is 0 Å². The number of rotatable bonds is 5. The molecule has 0 spiro atoms. The molecule has 0 saturated carbocycles. The second-order valence-corrected chi connectivity index (χ2v) is 5.18. The Morgan fingerprint density at radius 1 is 1.42 bits per heavy atom. The predicted octanol–water partition coefficient (Wildman–Crippen LogP) is 2.00. The topological polar surface area (TPSA) is 91.5 Å². The molecule has 0 atom stereocenters. The molecule has 7 nitrogen and oxygen atoms in total. The molecule has 1 aliphatic heterocycles. The molecular weight excluding hydrogens is 302 g/mol. The maximum absolute atomic E-state index is 9.55. The lowest BCUT2D eigenvalue weighted by atomic mass is 10.1. The maximum Gasteiger partial charge on any atom is 0.223 e. The zero-order valence-corrected chi connectivity index (χ0v) is 13.3. The van der Waals surface area contributed by atoms with E-state index in [1.54, 1.807) is 18.6 Å². The van der Waals surface area contributed by atoms with Crippen LogP contribution < -0.4 is 10.6 Å². The van der Waals surface area contributed by atoms with E-state index in [9.17, 15) is 5.26 Å². The largest absolute Gasteiger partial charge is 0.361 e. The Kier molecular flexibility index (Phi) is 4.68. The predicted molar refractivity (Wildman–Crippen MR) is 91.4 cm³/mol. The summed E-state index contributed by atoms with van der Waals surface area (Å²) in [6.45, 7) is 3.24. The summed E-state index contributed by atoms with van der Waals surface area (Å²) >= 11 is 0. The van der Waals surface area contributed by atoms with Crippen molar-refractivity contribution in [3.05, 3.63) is 66.0 Å². The molecule has 2 aromatic rings. The van der Waals surface area contributed by atoms with Crippen LogP contribution in [0.4, 0.5) is 5.95 Å². The summed E-state index contributed by atoms with van der Waals surface area (Å²) in [5, 5.41) is 19.9. The number of nitriles is 1. The summed E-state index contributed by atoms with van der Waals surface area (Å²) in [7, 11) is 0. The number of anilines is 1. The van der Waals surface area contributed by atoms with Gasteiger partial charge in [0.2, 0.25) is 5.95 Å². The third kappa shape index (κ3) is 3.50. The third-order valence-corrected chi connectivity index (χ3v) is 3.48. The molecule has 0 radical (unpaired) electrons. The Labute approximate surface area is 140 Å². The van der Waals surface area contributed by atoms with Crippen molar-refractivity contribution in [2.75, 3.05) is 11.9 Å². The summed E-state index contributed by atoms with van der Waals surface area (Å²) in [5.74, 6) is 0.492. The molecule has 2 aromatic heterocycles. The van der Waals surface area contributed by atoms with Gasteiger partial charge in [-0.05, 0) is 30.7 Å². The van der Waals surface area contributed by atoms with Gasteiger partial charge in [0, 0.05) is 31.3 Å². The van der Waals surface area contributed by atoms with Crippen molar-refractivity contribution >= 4 is 11.5 Å². The molecular formula is C17H17N7. The van der Waals surface area contributed by atoms with Crippen LogP contribution in [0.1, 0.15) is 11.3 Å². The number of hydrogen-bond donors (Lipinski definition) is 2. The van der Waals surface area contributed by atoms with E-state index in [0.29, 0.717) is 30.3 Å². The van der Waals surface area contributed by atoms with E-state index >= 15 is 0 Å². The van der Waals surface area contributed by atoms with Crippen LogP contribution in [0.25, 0.3) is 5.57 Å². The highest BCUT2D eigenvalue weighted by molar-refractivity contribution is 5.80. The molecule has 24 heavy (non-hydrogen) atoms. The van der Waals surface area contributed by atoms with Crippen LogP contribution in [-0.2, 0) is 6.54 Å². The fourth-order valence-electron chi connectivity index (χ4n) is 2.28. The molecule has 0 unspecified atom stereocenters. The van der Waals surface area contributed by atoms with Crippen molar-refractivity contribution in [1.82, 2.24) is 25.1 Å². The molecule has 3 heterocycles. The minimum absolute atomic E-state index is 0.491. The first-order valence-electron chi connectivity index (χ1n) is 7.57. The van der Waals surface area contributed by atoms with Crippen LogP contribution in [0.15, 0.2) is 54.8 Å². The van der Waals surface area contributed by atoms with Gasteiger partial charge in [0.25, 0.3) is 0 Å². The maximum atomic E-state index is 9.55. The Bertz CT molecular complexity index is 838. The van der Waals surface area contributed by atoms with E-state index in [4.69, 9.17) is 0 Å². The van der Waals surface area contributed by atoms with Crippen LogP contribution >= 0.6 is 0 Å². The van der Waals surface area contributed by atoms with Crippen molar-refractivity contribution in [3.8, 4) is 6.07 Å². The van der Waals surface area contributed by atoms with Gasteiger partial charge in [-0.25, -0.2) is 9.97 Å². The summed E-state index contributed by atoms with van der Waals surface area (Å²) in [5.41, 5.74) is 2.69. The number of nitrogens with one attached hydrogen (secondary N) is 2. The van der Waals surface area contributed by atoms with Crippen molar-refractivity contribution in [3.63, 3.8) is 0 Å². The Morgan fingerprint density at radius 3 is 3.04 bits per heavy atom. The molecule has 0 bridgehead atoms. The van der Waals surface area contributed by atoms with Gasteiger partial charge in [0.1, 0.15) is 11.6 Å². The van der Waals surface area contributed by atoms with Crippen LogP contribution in [0.2, 0.25) is 0 Å². The Morgan fingerprint density at radius 2 is 2.33 bits per heavy atom. The molecule has 0 aliphatic carbocycles. The standard InChI is InChI=1S/C17H17N7/c1-13-12-21-17(20-8-10-24-9-4-7-22-24)23-16(13)14(11-18)15-5-2-3-6-19-15/h2-7,9,12,19H,8,10H2,1H3,(H,20,21,23)/b15-14-. The van der Waals surface area contributed by atoms with Gasteiger partial charge in [-0.1, -0.05) is 6.08 Å². The number of allylic oxidation sites excluding steroid dienone is 4. The highest BCUT2D eigenvalue weighted by Crippen LogP contribution is 2.21. The molecule has 1 aliphatic rings. The molecule has 0 saturated heterocycles. The second kappa shape index (κ2) is 7.24. The van der Waals surface area contributed by atoms with Gasteiger partial charge in [-0.2, -0.15) is 10.4 Å². The van der Waals surface area contributed by atoms with Crippen LogP contribution in [0, 0.1) is 18.3 Å². The van der Waals surface area contributed by atoms with Gasteiger partial charge in [-0.3, -0.25) is 4.68 Å². The number of hydrogen-bond acceptors (Lipinski definition) is 6. The first-order chi connectivity index (χ1) is 11.8. The fraction of sp³-hybridized carbons (Fsp3) is 0.176. The Hall–Kier alpha value is -3.40. The molecule has 7 heteroatoms. The second-order valence-electron chi connectivity index (χ2n) is 5.18. The van der Waals surface area contributed by atoms with E-state index in [1.165, 1.54) is 0 Å².